The van der Waals surface area contributed by atoms with E-state index in [0.717, 1.165) is 16.5 Å². The Hall–Kier alpha value is -1.77. The van der Waals surface area contributed by atoms with Crippen molar-refractivity contribution in [2.24, 2.45) is 7.05 Å². The van der Waals surface area contributed by atoms with Gasteiger partial charge in [-0.15, -0.1) is 0 Å². The molecular weight excluding hydrogens is 305 g/mol. The molecule has 0 amide bonds. The minimum atomic E-state index is -0.0760. The predicted molar refractivity (Wildman–Crippen MR) is 87.6 cm³/mol. The lowest BCUT2D eigenvalue weighted by atomic mass is 10.0. The molecule has 0 N–H and O–H groups in total. The topological polar surface area (TPSA) is 22.0 Å². The number of aromatic nitrogens is 1. The highest BCUT2D eigenvalue weighted by atomic mass is 35.5. The van der Waals surface area contributed by atoms with Gasteiger partial charge < -0.3 is 4.57 Å². The van der Waals surface area contributed by atoms with E-state index in [9.17, 15) is 4.79 Å². The Morgan fingerprint density at radius 2 is 1.81 bits per heavy atom. The lowest BCUT2D eigenvalue weighted by Gasteiger charge is -2.04. The van der Waals surface area contributed by atoms with E-state index >= 15 is 0 Å². The van der Waals surface area contributed by atoms with Gasteiger partial charge in [0.1, 0.15) is 0 Å². The predicted octanol–water partition coefficient (Wildman–Crippen LogP) is 5.02. The molecule has 0 unspecified atom stereocenters. The van der Waals surface area contributed by atoms with Crippen molar-refractivity contribution in [2.75, 3.05) is 0 Å². The van der Waals surface area contributed by atoms with Crippen molar-refractivity contribution in [1.82, 2.24) is 4.57 Å². The number of hydrogen-bond acceptors (Lipinski definition) is 1. The number of fused-ring (bicyclic) bond motifs is 1. The summed E-state index contributed by atoms with van der Waals surface area (Å²) in [5, 5.41) is 2.01. The summed E-state index contributed by atoms with van der Waals surface area (Å²) in [7, 11) is 1.90. The molecule has 106 valence electrons. The van der Waals surface area contributed by atoms with E-state index in [-0.39, 0.29) is 5.78 Å². The van der Waals surface area contributed by atoms with Gasteiger partial charge in [-0.25, -0.2) is 0 Å². The Kier molecular flexibility index (Phi) is 3.52. The second kappa shape index (κ2) is 5.21. The molecule has 3 rings (SSSR count). The number of hydrogen-bond donors (Lipinski definition) is 0. The molecule has 21 heavy (non-hydrogen) atoms. The van der Waals surface area contributed by atoms with Gasteiger partial charge in [0.15, 0.2) is 5.78 Å². The van der Waals surface area contributed by atoms with Crippen LogP contribution in [0.15, 0.2) is 42.6 Å². The minimum Gasteiger partial charge on any atom is -0.350 e. The zero-order chi connectivity index (χ0) is 15.1. The zero-order valence-electron chi connectivity index (χ0n) is 11.7. The average Bonchev–Trinajstić information content (AvgIpc) is 2.75. The van der Waals surface area contributed by atoms with Crippen LogP contribution in [-0.4, -0.2) is 10.4 Å². The summed E-state index contributed by atoms with van der Waals surface area (Å²) in [6, 6.07) is 11.0. The molecule has 0 radical (unpaired) electrons. The highest BCUT2D eigenvalue weighted by Crippen LogP contribution is 2.28. The zero-order valence-corrected chi connectivity index (χ0v) is 13.2. The van der Waals surface area contributed by atoms with E-state index in [0.29, 0.717) is 21.2 Å². The fourth-order valence-corrected chi connectivity index (χ4v) is 2.97. The molecule has 4 heteroatoms. The van der Waals surface area contributed by atoms with Crippen LogP contribution in [0.1, 0.15) is 21.5 Å². The molecule has 0 aliphatic heterocycles. The van der Waals surface area contributed by atoms with Gasteiger partial charge in [0.05, 0.1) is 5.02 Å². The lowest BCUT2D eigenvalue weighted by molar-refractivity contribution is 0.104. The average molecular weight is 318 g/mol. The number of ketones is 1. The first-order valence-electron chi connectivity index (χ1n) is 6.53. The number of aryl methyl sites for hydroxylation is 2. The van der Waals surface area contributed by atoms with Crippen molar-refractivity contribution in [3.63, 3.8) is 0 Å². The maximum absolute atomic E-state index is 12.8. The van der Waals surface area contributed by atoms with Crippen LogP contribution in [0.3, 0.4) is 0 Å². The molecule has 0 bridgehead atoms. The second-order valence-corrected chi connectivity index (χ2v) is 5.97. The molecule has 0 atom stereocenters. The van der Waals surface area contributed by atoms with Gasteiger partial charge in [-0.2, -0.15) is 0 Å². The van der Waals surface area contributed by atoms with Gasteiger partial charge in [-0.3, -0.25) is 4.79 Å². The van der Waals surface area contributed by atoms with E-state index in [1.165, 1.54) is 0 Å². The molecule has 1 aromatic heterocycles. The fraction of sp³-hybridized carbons (Fsp3) is 0.118. The van der Waals surface area contributed by atoms with Gasteiger partial charge >= 0.3 is 0 Å². The molecular formula is C17H13Cl2NO. The minimum absolute atomic E-state index is 0.0760. The molecule has 1 heterocycles. The van der Waals surface area contributed by atoms with Gasteiger partial charge in [-0.05, 0) is 36.8 Å². The molecule has 0 aliphatic carbocycles. The molecule has 0 saturated heterocycles. The molecule has 0 spiro atoms. The number of nitrogens with zero attached hydrogens (tertiary/aromatic N) is 1. The van der Waals surface area contributed by atoms with E-state index < -0.39 is 0 Å². The molecule has 0 aliphatic rings. The van der Waals surface area contributed by atoms with Crippen LogP contribution in [0.2, 0.25) is 10.0 Å². The number of carbonyl (C=O) groups is 1. The molecule has 2 nitrogen and oxygen atoms in total. The number of carbonyl (C=O) groups excluding carboxylic acids is 1. The Bertz CT molecular complexity index is 865. The monoisotopic (exact) mass is 317 g/mol. The van der Waals surface area contributed by atoms with Crippen LogP contribution >= 0.6 is 23.2 Å². The van der Waals surface area contributed by atoms with Crippen molar-refractivity contribution in [3.05, 3.63) is 69.3 Å². The van der Waals surface area contributed by atoms with Crippen LogP contribution in [0.5, 0.6) is 0 Å². The van der Waals surface area contributed by atoms with Crippen LogP contribution in [-0.2, 0) is 7.05 Å². The SMILES string of the molecule is Cc1ccc(C(=O)c2cn(C)c3cc(Cl)ccc23)c(Cl)c1. The molecule has 3 aromatic rings. The summed E-state index contributed by atoms with van der Waals surface area (Å²) in [6.07, 6.45) is 1.82. The molecule has 0 fully saturated rings. The van der Waals surface area contributed by atoms with Crippen molar-refractivity contribution < 1.29 is 4.79 Å². The number of rotatable bonds is 2. The quantitative estimate of drug-likeness (QED) is 0.608. The lowest BCUT2D eigenvalue weighted by Crippen LogP contribution is -2.01. The van der Waals surface area contributed by atoms with Gasteiger partial charge in [0.25, 0.3) is 0 Å². The Balaban J connectivity index is 2.18. The highest BCUT2D eigenvalue weighted by molar-refractivity contribution is 6.36. The van der Waals surface area contributed by atoms with E-state index in [2.05, 4.69) is 0 Å². The third-order valence-electron chi connectivity index (χ3n) is 3.57. The fourth-order valence-electron chi connectivity index (χ4n) is 2.49. The van der Waals surface area contributed by atoms with Crippen LogP contribution in [0.25, 0.3) is 10.9 Å². The first-order valence-corrected chi connectivity index (χ1v) is 7.28. The second-order valence-electron chi connectivity index (χ2n) is 5.13. The summed E-state index contributed by atoms with van der Waals surface area (Å²) in [5.74, 6) is -0.0760. The normalized spacial score (nSPS) is 11.0. The van der Waals surface area contributed by atoms with E-state index in [4.69, 9.17) is 23.2 Å². The van der Waals surface area contributed by atoms with Crippen LogP contribution < -0.4 is 0 Å². The van der Waals surface area contributed by atoms with Crippen molar-refractivity contribution in [2.45, 2.75) is 6.92 Å². The van der Waals surface area contributed by atoms with Gasteiger partial charge in [0.2, 0.25) is 0 Å². The van der Waals surface area contributed by atoms with E-state index in [1.807, 2.05) is 42.9 Å². The number of halogens is 2. The third-order valence-corrected chi connectivity index (χ3v) is 4.11. The summed E-state index contributed by atoms with van der Waals surface area (Å²) in [6.45, 7) is 1.94. The van der Waals surface area contributed by atoms with Crippen molar-refractivity contribution >= 4 is 39.9 Å². The van der Waals surface area contributed by atoms with Crippen molar-refractivity contribution in [1.29, 1.82) is 0 Å². The van der Waals surface area contributed by atoms with E-state index in [1.54, 1.807) is 18.2 Å². The Morgan fingerprint density at radius 1 is 1.05 bits per heavy atom. The summed E-state index contributed by atoms with van der Waals surface area (Å²) in [5.41, 5.74) is 3.11. The highest BCUT2D eigenvalue weighted by Gasteiger charge is 2.18. The maximum atomic E-state index is 12.8. The smallest absolute Gasteiger partial charge is 0.196 e. The Labute approximate surface area is 132 Å². The molecule has 0 saturated carbocycles. The Morgan fingerprint density at radius 3 is 2.52 bits per heavy atom. The number of benzene rings is 2. The molecule has 2 aromatic carbocycles. The van der Waals surface area contributed by atoms with Gasteiger partial charge in [0, 0.05) is 40.3 Å². The summed E-state index contributed by atoms with van der Waals surface area (Å²) < 4.78 is 1.90. The summed E-state index contributed by atoms with van der Waals surface area (Å²) >= 11 is 12.2. The standard InChI is InChI=1S/C17H13Cl2NO/c1-10-3-5-13(15(19)7-10)17(21)14-9-20(2)16-8-11(18)4-6-12(14)16/h3-9H,1-2H3. The maximum Gasteiger partial charge on any atom is 0.196 e. The largest absolute Gasteiger partial charge is 0.350 e. The van der Waals surface area contributed by atoms with Crippen LogP contribution in [0.4, 0.5) is 0 Å². The first kappa shape index (κ1) is 14.2. The first-order chi connectivity index (χ1) is 9.97. The van der Waals surface area contributed by atoms with Crippen LogP contribution in [0, 0.1) is 6.92 Å². The summed E-state index contributed by atoms with van der Waals surface area (Å²) in [4.78, 5) is 12.8. The van der Waals surface area contributed by atoms with Crippen molar-refractivity contribution in [3.8, 4) is 0 Å². The van der Waals surface area contributed by atoms with Gasteiger partial charge in [-0.1, -0.05) is 35.3 Å². The third kappa shape index (κ3) is 2.45.